The Hall–Kier alpha value is -1.02. The molecule has 0 aromatic heterocycles. The van der Waals surface area contributed by atoms with Crippen LogP contribution in [-0.4, -0.2) is 6.29 Å². The molecule has 22 heavy (non-hydrogen) atoms. The first-order valence-corrected chi connectivity index (χ1v) is 8.37. The van der Waals surface area contributed by atoms with E-state index in [4.69, 9.17) is 34.8 Å². The summed E-state index contributed by atoms with van der Waals surface area (Å²) in [5.74, 6) is 0.560. The van der Waals surface area contributed by atoms with Gasteiger partial charge in [-0.3, -0.25) is 0 Å². The third-order valence-corrected chi connectivity index (χ3v) is 5.27. The average Bonchev–Trinajstić information content (AvgIpc) is 2.92. The summed E-state index contributed by atoms with van der Waals surface area (Å²) < 4.78 is 0. The minimum atomic E-state index is 0.0671. The summed E-state index contributed by atoms with van der Waals surface area (Å²) >= 11 is 18.4. The second-order valence-corrected chi connectivity index (χ2v) is 7.08. The summed E-state index contributed by atoms with van der Waals surface area (Å²) in [5.41, 5.74) is 2.26. The van der Waals surface area contributed by atoms with Gasteiger partial charge in [0.2, 0.25) is 0 Å². The van der Waals surface area contributed by atoms with Crippen LogP contribution in [0.2, 0.25) is 15.1 Å². The molecule has 0 amide bonds. The molecule has 0 N–H and O–H groups in total. The Morgan fingerprint density at radius 3 is 2.14 bits per heavy atom. The highest BCUT2D eigenvalue weighted by molar-refractivity contribution is 6.35. The summed E-state index contributed by atoms with van der Waals surface area (Å²) in [7, 11) is 0. The minimum Gasteiger partial charge on any atom is -0.303 e. The topological polar surface area (TPSA) is 17.1 Å². The normalized spacial score (nSPS) is 24.4. The van der Waals surface area contributed by atoms with Crippen LogP contribution in [0.3, 0.4) is 0 Å². The largest absolute Gasteiger partial charge is 0.303 e. The first kappa shape index (κ1) is 15.9. The van der Waals surface area contributed by atoms with E-state index in [0.29, 0.717) is 10.0 Å². The molecule has 1 saturated carbocycles. The van der Waals surface area contributed by atoms with E-state index in [1.807, 2.05) is 36.4 Å². The molecule has 0 aliphatic heterocycles. The molecule has 0 spiro atoms. The van der Waals surface area contributed by atoms with Crippen LogP contribution in [0.15, 0.2) is 42.5 Å². The molecule has 3 atom stereocenters. The van der Waals surface area contributed by atoms with Crippen molar-refractivity contribution in [3.63, 3.8) is 0 Å². The quantitative estimate of drug-likeness (QED) is 0.607. The smallest absolute Gasteiger partial charge is 0.123 e. The van der Waals surface area contributed by atoms with E-state index in [9.17, 15) is 4.79 Å². The second kappa shape index (κ2) is 6.62. The minimum absolute atomic E-state index is 0.0671. The molecule has 0 saturated heterocycles. The Bertz CT molecular complexity index is 681. The molecule has 0 heterocycles. The molecular weight excluding hydrogens is 339 g/mol. The monoisotopic (exact) mass is 352 g/mol. The van der Waals surface area contributed by atoms with Crippen molar-refractivity contribution in [2.24, 2.45) is 5.92 Å². The van der Waals surface area contributed by atoms with E-state index < -0.39 is 0 Å². The van der Waals surface area contributed by atoms with E-state index in [-0.39, 0.29) is 17.8 Å². The van der Waals surface area contributed by atoms with Crippen LogP contribution in [0.5, 0.6) is 0 Å². The highest BCUT2D eigenvalue weighted by atomic mass is 35.5. The van der Waals surface area contributed by atoms with Gasteiger partial charge < -0.3 is 4.79 Å². The number of carbonyl (C=O) groups excluding carboxylic acids is 1. The van der Waals surface area contributed by atoms with Crippen LogP contribution in [0.4, 0.5) is 0 Å². The van der Waals surface area contributed by atoms with Crippen molar-refractivity contribution in [2.75, 3.05) is 0 Å². The molecule has 3 rings (SSSR count). The number of carbonyl (C=O) groups is 1. The van der Waals surface area contributed by atoms with E-state index >= 15 is 0 Å². The fourth-order valence-corrected chi connectivity index (χ4v) is 4.09. The zero-order chi connectivity index (χ0) is 15.7. The molecular formula is C18H15Cl3O. The lowest BCUT2D eigenvalue weighted by atomic mass is 9.84. The van der Waals surface area contributed by atoms with Crippen LogP contribution >= 0.6 is 34.8 Å². The van der Waals surface area contributed by atoms with Gasteiger partial charge in [-0.05, 0) is 60.1 Å². The summed E-state index contributed by atoms with van der Waals surface area (Å²) in [6.07, 6.45) is 2.72. The Morgan fingerprint density at radius 1 is 0.864 bits per heavy atom. The molecule has 2 aromatic carbocycles. The Balaban J connectivity index is 1.99. The predicted octanol–water partition coefficient (Wildman–Crippen LogP) is 6.12. The summed E-state index contributed by atoms with van der Waals surface area (Å²) in [5, 5.41) is 2.01. The van der Waals surface area contributed by atoms with Crippen LogP contribution in [0, 0.1) is 5.92 Å². The standard InChI is InChI=1S/C18H15Cl3O/c19-13-3-1-12(2-4-13)16-7-11(10-22)8-17(16)15-6-5-14(20)9-18(15)21/h1-6,9-11,16-17H,7-8H2/t11?,16-,17+/m1/s1. The number of benzene rings is 2. The van der Waals surface area contributed by atoms with Gasteiger partial charge in [0.25, 0.3) is 0 Å². The van der Waals surface area contributed by atoms with Gasteiger partial charge in [0.1, 0.15) is 6.29 Å². The Kier molecular flexibility index (Phi) is 4.77. The molecule has 1 aliphatic carbocycles. The van der Waals surface area contributed by atoms with Gasteiger partial charge in [-0.2, -0.15) is 0 Å². The van der Waals surface area contributed by atoms with E-state index in [1.165, 1.54) is 5.56 Å². The highest BCUT2D eigenvalue weighted by Crippen LogP contribution is 2.50. The van der Waals surface area contributed by atoms with Crippen molar-refractivity contribution in [3.05, 3.63) is 68.7 Å². The number of hydrogen-bond donors (Lipinski definition) is 0. The van der Waals surface area contributed by atoms with Crippen molar-refractivity contribution >= 4 is 41.1 Å². The van der Waals surface area contributed by atoms with E-state index in [2.05, 4.69) is 0 Å². The van der Waals surface area contributed by atoms with Gasteiger partial charge in [-0.1, -0.05) is 53.0 Å². The first-order chi connectivity index (χ1) is 10.6. The zero-order valence-corrected chi connectivity index (χ0v) is 14.1. The van der Waals surface area contributed by atoms with Crippen molar-refractivity contribution in [1.29, 1.82) is 0 Å². The molecule has 0 radical (unpaired) electrons. The number of halogens is 3. The molecule has 1 nitrogen and oxygen atoms in total. The molecule has 1 fully saturated rings. The molecule has 4 heteroatoms. The number of rotatable bonds is 3. The third kappa shape index (κ3) is 3.17. The maximum Gasteiger partial charge on any atom is 0.123 e. The van der Waals surface area contributed by atoms with Gasteiger partial charge in [-0.25, -0.2) is 0 Å². The maximum absolute atomic E-state index is 11.3. The van der Waals surface area contributed by atoms with Gasteiger partial charge >= 0.3 is 0 Å². The van der Waals surface area contributed by atoms with Gasteiger partial charge in [-0.15, -0.1) is 0 Å². The van der Waals surface area contributed by atoms with Gasteiger partial charge in [0.05, 0.1) is 0 Å². The van der Waals surface area contributed by atoms with Gasteiger partial charge in [0.15, 0.2) is 0 Å². The summed E-state index contributed by atoms with van der Waals surface area (Å²) in [6, 6.07) is 13.5. The fraction of sp³-hybridized carbons (Fsp3) is 0.278. The molecule has 1 unspecified atom stereocenters. The first-order valence-electron chi connectivity index (χ1n) is 7.24. The lowest BCUT2D eigenvalue weighted by Crippen LogP contribution is -2.05. The molecule has 114 valence electrons. The van der Waals surface area contributed by atoms with Crippen LogP contribution in [-0.2, 0) is 4.79 Å². The van der Waals surface area contributed by atoms with E-state index in [1.54, 1.807) is 6.07 Å². The van der Waals surface area contributed by atoms with E-state index in [0.717, 1.165) is 29.7 Å². The van der Waals surface area contributed by atoms with Crippen LogP contribution in [0.1, 0.15) is 35.8 Å². The highest BCUT2D eigenvalue weighted by Gasteiger charge is 2.36. The average molecular weight is 354 g/mol. The van der Waals surface area contributed by atoms with Gasteiger partial charge in [0, 0.05) is 21.0 Å². The maximum atomic E-state index is 11.3. The summed E-state index contributed by atoms with van der Waals surface area (Å²) in [6.45, 7) is 0. The fourth-order valence-electron chi connectivity index (χ4n) is 3.41. The van der Waals surface area contributed by atoms with Crippen molar-refractivity contribution in [3.8, 4) is 0 Å². The van der Waals surface area contributed by atoms with Crippen molar-refractivity contribution in [2.45, 2.75) is 24.7 Å². The lowest BCUT2D eigenvalue weighted by Gasteiger charge is -2.21. The second-order valence-electron chi connectivity index (χ2n) is 5.80. The molecule has 2 aromatic rings. The summed E-state index contributed by atoms with van der Waals surface area (Å²) in [4.78, 5) is 11.3. The third-order valence-electron chi connectivity index (χ3n) is 4.45. The molecule has 0 bridgehead atoms. The number of hydrogen-bond acceptors (Lipinski definition) is 1. The van der Waals surface area contributed by atoms with Crippen LogP contribution in [0.25, 0.3) is 0 Å². The Morgan fingerprint density at radius 2 is 1.50 bits per heavy atom. The van der Waals surface area contributed by atoms with Crippen molar-refractivity contribution in [1.82, 2.24) is 0 Å². The predicted molar refractivity (Wildman–Crippen MR) is 92.2 cm³/mol. The molecule has 1 aliphatic rings. The van der Waals surface area contributed by atoms with Crippen LogP contribution < -0.4 is 0 Å². The lowest BCUT2D eigenvalue weighted by molar-refractivity contribution is -0.110. The SMILES string of the molecule is O=CC1C[C@H](c2ccc(Cl)cc2)[C@H](c2ccc(Cl)cc2Cl)C1. The number of aldehydes is 1. The van der Waals surface area contributed by atoms with Crippen molar-refractivity contribution < 1.29 is 4.79 Å². The Labute approximate surface area is 145 Å². The zero-order valence-electron chi connectivity index (χ0n) is 11.8.